The Bertz CT molecular complexity index is 535. The molecule has 0 spiro atoms. The zero-order valence-corrected chi connectivity index (χ0v) is 13.5. The first-order valence-corrected chi connectivity index (χ1v) is 8.31. The third-order valence-electron chi connectivity index (χ3n) is 4.75. The molecule has 0 bridgehead atoms. The van der Waals surface area contributed by atoms with Crippen LogP contribution in [0.15, 0.2) is 18.2 Å². The Kier molecular flexibility index (Phi) is 4.55. The lowest BCUT2D eigenvalue weighted by molar-refractivity contribution is -0.132. The van der Waals surface area contributed by atoms with Crippen molar-refractivity contribution in [2.24, 2.45) is 5.92 Å². The Balaban J connectivity index is 1.61. The minimum atomic E-state index is 0.197. The van der Waals surface area contributed by atoms with Gasteiger partial charge in [0.2, 0.25) is 5.91 Å². The molecule has 0 saturated carbocycles. The number of fused-ring (bicyclic) bond motifs is 1. The average molecular weight is 303 g/mol. The van der Waals surface area contributed by atoms with Gasteiger partial charge in [0.1, 0.15) is 13.2 Å². The van der Waals surface area contributed by atoms with E-state index in [-0.39, 0.29) is 11.8 Å². The molecule has 2 aliphatic rings. The number of piperidine rings is 1. The van der Waals surface area contributed by atoms with Gasteiger partial charge in [-0.15, -0.1) is 0 Å². The molecule has 1 fully saturated rings. The van der Waals surface area contributed by atoms with Crippen molar-refractivity contribution in [2.75, 3.05) is 26.3 Å². The van der Waals surface area contributed by atoms with Crippen molar-refractivity contribution in [3.05, 3.63) is 23.8 Å². The van der Waals surface area contributed by atoms with Gasteiger partial charge in [-0.2, -0.15) is 0 Å². The fourth-order valence-corrected chi connectivity index (χ4v) is 3.13. The summed E-state index contributed by atoms with van der Waals surface area (Å²) in [5, 5.41) is 0. The maximum absolute atomic E-state index is 12.4. The second kappa shape index (κ2) is 6.59. The monoisotopic (exact) mass is 303 g/mol. The van der Waals surface area contributed by atoms with Crippen LogP contribution in [0.5, 0.6) is 11.5 Å². The Labute approximate surface area is 132 Å². The highest BCUT2D eigenvalue weighted by Gasteiger charge is 2.23. The molecule has 0 aliphatic carbocycles. The maximum Gasteiger partial charge on any atom is 0.223 e. The van der Waals surface area contributed by atoms with Crippen molar-refractivity contribution >= 4 is 5.91 Å². The first kappa shape index (κ1) is 15.2. The van der Waals surface area contributed by atoms with E-state index in [1.54, 1.807) is 0 Å². The number of nitrogens with zero attached hydrogens (tertiary/aromatic N) is 1. The van der Waals surface area contributed by atoms with Gasteiger partial charge in [-0.25, -0.2) is 0 Å². The molecular formula is C18H25NO3. The highest BCUT2D eigenvalue weighted by atomic mass is 16.6. The molecule has 1 saturated heterocycles. The lowest BCUT2D eigenvalue weighted by atomic mass is 9.95. The van der Waals surface area contributed by atoms with Gasteiger partial charge in [0.15, 0.2) is 11.5 Å². The van der Waals surface area contributed by atoms with E-state index in [0.29, 0.717) is 19.6 Å². The van der Waals surface area contributed by atoms with E-state index in [2.05, 4.69) is 13.8 Å². The van der Waals surface area contributed by atoms with Gasteiger partial charge >= 0.3 is 0 Å². The second-order valence-corrected chi connectivity index (χ2v) is 6.57. The van der Waals surface area contributed by atoms with Crippen LogP contribution in [-0.2, 0) is 4.79 Å². The maximum atomic E-state index is 12.4. The summed E-state index contributed by atoms with van der Waals surface area (Å²) in [5.74, 6) is 2.82. The van der Waals surface area contributed by atoms with Crippen LogP contribution < -0.4 is 9.47 Å². The van der Waals surface area contributed by atoms with E-state index in [0.717, 1.165) is 48.9 Å². The van der Waals surface area contributed by atoms with Gasteiger partial charge in [0, 0.05) is 19.5 Å². The quantitative estimate of drug-likeness (QED) is 0.860. The number of hydrogen-bond acceptors (Lipinski definition) is 3. The van der Waals surface area contributed by atoms with Crippen LogP contribution >= 0.6 is 0 Å². The smallest absolute Gasteiger partial charge is 0.223 e. The van der Waals surface area contributed by atoms with Crippen molar-refractivity contribution in [1.82, 2.24) is 4.90 Å². The number of rotatable bonds is 3. The van der Waals surface area contributed by atoms with Crippen LogP contribution in [0.2, 0.25) is 0 Å². The molecule has 4 heteroatoms. The summed E-state index contributed by atoms with van der Waals surface area (Å²) < 4.78 is 11.2. The van der Waals surface area contributed by atoms with Gasteiger partial charge in [-0.05, 0) is 42.4 Å². The number of hydrogen-bond donors (Lipinski definition) is 0. The van der Waals surface area contributed by atoms with Crippen molar-refractivity contribution in [1.29, 1.82) is 0 Å². The van der Waals surface area contributed by atoms with Crippen molar-refractivity contribution in [3.8, 4) is 11.5 Å². The molecule has 1 atom stereocenters. The number of ether oxygens (including phenoxy) is 2. The number of amides is 1. The minimum absolute atomic E-state index is 0.197. The second-order valence-electron chi connectivity index (χ2n) is 6.57. The molecule has 1 aromatic rings. The summed E-state index contributed by atoms with van der Waals surface area (Å²) in [6.07, 6.45) is 2.82. The molecule has 0 radical (unpaired) electrons. The van der Waals surface area contributed by atoms with Crippen molar-refractivity contribution < 1.29 is 14.3 Å². The zero-order chi connectivity index (χ0) is 15.5. The molecule has 120 valence electrons. The summed E-state index contributed by atoms with van der Waals surface area (Å²) in [7, 11) is 0. The Morgan fingerprint density at radius 2 is 1.91 bits per heavy atom. The van der Waals surface area contributed by atoms with Crippen LogP contribution in [0, 0.1) is 5.92 Å². The van der Waals surface area contributed by atoms with Crippen LogP contribution in [0.25, 0.3) is 0 Å². The molecule has 2 heterocycles. The molecule has 0 aromatic heterocycles. The lowest BCUT2D eigenvalue weighted by Gasteiger charge is -2.31. The Morgan fingerprint density at radius 3 is 2.64 bits per heavy atom. The highest BCUT2D eigenvalue weighted by Crippen LogP contribution is 2.34. The standard InChI is InChI=1S/C18H25NO3/c1-13-5-7-19(8-6-13)18(20)11-14(2)15-3-4-16-17(12-15)22-10-9-21-16/h3-4,12-14H,5-11H2,1-2H3. The third-order valence-corrected chi connectivity index (χ3v) is 4.75. The van der Waals surface area contributed by atoms with E-state index in [1.165, 1.54) is 0 Å². The Hall–Kier alpha value is -1.71. The van der Waals surface area contributed by atoms with Gasteiger partial charge in [-0.1, -0.05) is 19.9 Å². The summed E-state index contributed by atoms with van der Waals surface area (Å²) >= 11 is 0. The van der Waals surface area contributed by atoms with Crippen molar-refractivity contribution in [2.45, 2.75) is 39.0 Å². The molecule has 0 N–H and O–H groups in total. The van der Waals surface area contributed by atoms with Gasteiger partial charge in [0.25, 0.3) is 0 Å². The third kappa shape index (κ3) is 3.37. The number of carbonyl (C=O) groups is 1. The number of carbonyl (C=O) groups excluding carboxylic acids is 1. The molecule has 2 aliphatic heterocycles. The van der Waals surface area contributed by atoms with Gasteiger partial charge in [0.05, 0.1) is 0 Å². The van der Waals surface area contributed by atoms with Crippen LogP contribution in [0.3, 0.4) is 0 Å². The summed E-state index contributed by atoms with van der Waals surface area (Å²) in [4.78, 5) is 14.5. The molecule has 22 heavy (non-hydrogen) atoms. The van der Waals surface area contributed by atoms with Crippen LogP contribution in [0.1, 0.15) is 44.6 Å². The molecule has 1 aromatic carbocycles. The summed E-state index contributed by atoms with van der Waals surface area (Å²) in [6.45, 7) is 7.39. The molecule has 3 rings (SSSR count). The first-order valence-electron chi connectivity index (χ1n) is 8.31. The fourth-order valence-electron chi connectivity index (χ4n) is 3.13. The highest BCUT2D eigenvalue weighted by molar-refractivity contribution is 5.77. The van der Waals surface area contributed by atoms with Gasteiger partial charge in [-0.3, -0.25) is 4.79 Å². The lowest BCUT2D eigenvalue weighted by Crippen LogP contribution is -2.38. The van der Waals surface area contributed by atoms with E-state index < -0.39 is 0 Å². The molecule has 4 nitrogen and oxygen atoms in total. The van der Waals surface area contributed by atoms with Gasteiger partial charge < -0.3 is 14.4 Å². The minimum Gasteiger partial charge on any atom is -0.486 e. The van der Waals surface area contributed by atoms with E-state index in [9.17, 15) is 4.79 Å². The molecule has 1 amide bonds. The SMILES string of the molecule is CC1CCN(C(=O)CC(C)c2ccc3c(c2)OCCO3)CC1. The molecular weight excluding hydrogens is 278 g/mol. The topological polar surface area (TPSA) is 38.8 Å². The fraction of sp³-hybridized carbons (Fsp3) is 0.611. The Morgan fingerprint density at radius 1 is 1.23 bits per heavy atom. The van der Waals surface area contributed by atoms with E-state index in [1.807, 2.05) is 23.1 Å². The van der Waals surface area contributed by atoms with Crippen LogP contribution in [-0.4, -0.2) is 37.1 Å². The van der Waals surface area contributed by atoms with Crippen molar-refractivity contribution in [3.63, 3.8) is 0 Å². The predicted molar refractivity (Wildman–Crippen MR) is 85.4 cm³/mol. The normalized spacial score (nSPS) is 19.8. The van der Waals surface area contributed by atoms with E-state index in [4.69, 9.17) is 9.47 Å². The summed E-state index contributed by atoms with van der Waals surface area (Å²) in [6, 6.07) is 6.02. The largest absolute Gasteiger partial charge is 0.486 e. The van der Waals surface area contributed by atoms with E-state index >= 15 is 0 Å². The first-order chi connectivity index (χ1) is 10.6. The van der Waals surface area contributed by atoms with Crippen LogP contribution in [0.4, 0.5) is 0 Å². The number of benzene rings is 1. The molecule has 1 unspecified atom stereocenters. The number of likely N-dealkylation sites (tertiary alicyclic amines) is 1. The predicted octanol–water partition coefficient (Wildman–Crippen LogP) is 3.21. The summed E-state index contributed by atoms with van der Waals surface area (Å²) in [5.41, 5.74) is 1.14. The average Bonchev–Trinajstić information content (AvgIpc) is 2.55. The zero-order valence-electron chi connectivity index (χ0n) is 13.5.